The van der Waals surface area contributed by atoms with Crippen molar-refractivity contribution in [2.75, 3.05) is 11.6 Å². The van der Waals surface area contributed by atoms with Crippen molar-refractivity contribution >= 4 is 28.9 Å². The molecule has 0 amide bonds. The second-order valence-corrected chi connectivity index (χ2v) is 4.20. The SMILES string of the molecule is N#CCCN(N)c1c(Cl)cc(C(F)(F)F)cc1Cl.[Cl-].[Cu+2]. The fraction of sp³-hybridized carbons (Fsp3) is 0.300. The van der Waals surface area contributed by atoms with Gasteiger partial charge in [0.05, 0.1) is 33.8 Å². The first kappa shape index (κ1) is 21.9. The quantitative estimate of drug-likeness (QED) is 0.462. The Bertz CT molecular complexity index is 468. The van der Waals surface area contributed by atoms with E-state index >= 15 is 0 Å². The van der Waals surface area contributed by atoms with Gasteiger partial charge in [-0.2, -0.15) is 18.4 Å². The van der Waals surface area contributed by atoms with E-state index in [0.717, 1.165) is 17.1 Å². The molecule has 3 nitrogen and oxygen atoms in total. The summed E-state index contributed by atoms with van der Waals surface area (Å²) >= 11 is 11.5. The second-order valence-electron chi connectivity index (χ2n) is 3.39. The van der Waals surface area contributed by atoms with Crippen LogP contribution in [0.15, 0.2) is 12.1 Å². The van der Waals surface area contributed by atoms with Gasteiger partial charge in [-0.3, -0.25) is 0 Å². The van der Waals surface area contributed by atoms with Gasteiger partial charge in [0.2, 0.25) is 0 Å². The first-order valence-electron chi connectivity index (χ1n) is 4.72. The maximum Gasteiger partial charge on any atom is 2.00 e. The van der Waals surface area contributed by atoms with Crippen molar-refractivity contribution in [3.63, 3.8) is 0 Å². The van der Waals surface area contributed by atoms with Crippen LogP contribution in [0.4, 0.5) is 18.9 Å². The molecule has 20 heavy (non-hydrogen) atoms. The van der Waals surface area contributed by atoms with Crippen molar-refractivity contribution in [2.24, 2.45) is 5.84 Å². The Morgan fingerprint density at radius 1 is 1.25 bits per heavy atom. The minimum Gasteiger partial charge on any atom is -1.00 e. The largest absolute Gasteiger partial charge is 2.00 e. The Morgan fingerprint density at radius 2 is 1.70 bits per heavy atom. The Kier molecular flexibility index (Phi) is 9.69. The third-order valence-corrected chi connectivity index (χ3v) is 2.67. The maximum atomic E-state index is 12.5. The zero-order valence-electron chi connectivity index (χ0n) is 9.61. The molecule has 1 aromatic carbocycles. The van der Waals surface area contributed by atoms with E-state index in [2.05, 4.69) is 0 Å². The molecule has 0 spiro atoms. The van der Waals surface area contributed by atoms with Gasteiger partial charge >= 0.3 is 23.2 Å². The van der Waals surface area contributed by atoms with Gasteiger partial charge in [0, 0.05) is 6.54 Å². The third kappa shape index (κ3) is 5.57. The maximum absolute atomic E-state index is 12.5. The molecule has 0 aromatic heterocycles. The van der Waals surface area contributed by atoms with Crippen molar-refractivity contribution in [3.8, 4) is 6.07 Å². The number of hydrogen-bond donors (Lipinski definition) is 1. The van der Waals surface area contributed by atoms with Crippen molar-refractivity contribution in [2.45, 2.75) is 12.6 Å². The molecule has 0 aliphatic rings. The first-order chi connectivity index (χ1) is 8.27. The summed E-state index contributed by atoms with van der Waals surface area (Å²) in [4.78, 5) is 0. The summed E-state index contributed by atoms with van der Waals surface area (Å²) in [6.45, 7) is 0.112. The summed E-state index contributed by atoms with van der Waals surface area (Å²) in [5.41, 5.74) is -0.878. The molecule has 0 saturated heterocycles. The number of nitriles is 1. The van der Waals surface area contributed by atoms with Crippen molar-refractivity contribution < 1.29 is 42.6 Å². The topological polar surface area (TPSA) is 53.0 Å². The van der Waals surface area contributed by atoms with Crippen LogP contribution in [0.5, 0.6) is 0 Å². The molecule has 1 radical (unpaired) electrons. The molecule has 0 aliphatic heterocycles. The molecule has 1 rings (SSSR count). The number of hydrazine groups is 1. The zero-order chi connectivity index (χ0) is 13.9. The van der Waals surface area contributed by atoms with Crippen molar-refractivity contribution in [1.82, 2.24) is 0 Å². The fourth-order valence-corrected chi connectivity index (χ4v) is 1.99. The first-order valence-corrected chi connectivity index (χ1v) is 5.48. The monoisotopic (exact) mass is 395 g/mol. The summed E-state index contributed by atoms with van der Waals surface area (Å²) in [6, 6.07) is 3.35. The second kappa shape index (κ2) is 8.83. The average molecular weight is 397 g/mol. The van der Waals surface area contributed by atoms with Gasteiger partial charge < -0.3 is 17.4 Å². The number of hydrogen-bond acceptors (Lipinski definition) is 3. The van der Waals surface area contributed by atoms with E-state index in [9.17, 15) is 13.2 Å². The van der Waals surface area contributed by atoms with E-state index in [4.69, 9.17) is 34.3 Å². The average Bonchev–Trinajstić information content (AvgIpc) is 2.24. The molecule has 0 bridgehead atoms. The summed E-state index contributed by atoms with van der Waals surface area (Å²) in [6.07, 6.45) is -4.43. The Hall–Kier alpha value is -0.351. The van der Waals surface area contributed by atoms with Gasteiger partial charge in [0.25, 0.3) is 0 Å². The third-order valence-electron chi connectivity index (χ3n) is 2.10. The number of halogens is 6. The summed E-state index contributed by atoms with van der Waals surface area (Å²) in [5.74, 6) is 5.57. The molecule has 1 aromatic rings. The standard InChI is InChI=1S/C10H8Cl2F3N3.ClH.Cu/c11-7-4-6(10(13,14)15)5-8(12)9(7)18(17)3-1-2-16;;/h4-5H,1,3,17H2;1H;/q;;+2/p-1. The predicted octanol–water partition coefficient (Wildman–Crippen LogP) is 0.607. The van der Waals surface area contributed by atoms with E-state index in [1.165, 1.54) is 0 Å². The van der Waals surface area contributed by atoms with Gasteiger partial charge in [-0.05, 0) is 12.1 Å². The van der Waals surface area contributed by atoms with E-state index < -0.39 is 11.7 Å². The minimum atomic E-state index is -4.53. The Balaban J connectivity index is 0. The van der Waals surface area contributed by atoms with Crippen LogP contribution in [0.25, 0.3) is 0 Å². The molecule has 115 valence electrons. The predicted molar refractivity (Wildman–Crippen MR) is 63.2 cm³/mol. The number of benzene rings is 1. The fourth-order valence-electron chi connectivity index (χ4n) is 1.29. The van der Waals surface area contributed by atoms with Gasteiger partial charge in [-0.25, -0.2) is 5.84 Å². The number of anilines is 1. The van der Waals surface area contributed by atoms with Crippen LogP contribution < -0.4 is 23.3 Å². The molecular formula is C10H8Cl3CuF3N3+. The molecule has 0 atom stereocenters. The molecule has 0 fully saturated rings. The van der Waals surface area contributed by atoms with E-state index in [0.29, 0.717) is 0 Å². The normalized spacial score (nSPS) is 10.1. The minimum absolute atomic E-state index is 0. The van der Waals surface area contributed by atoms with Crippen LogP contribution in [0.3, 0.4) is 0 Å². The molecule has 2 N–H and O–H groups in total. The zero-order valence-corrected chi connectivity index (χ0v) is 12.8. The van der Waals surface area contributed by atoms with Gasteiger partial charge in [0.1, 0.15) is 0 Å². The molecular weight excluding hydrogens is 389 g/mol. The molecule has 0 unspecified atom stereocenters. The van der Waals surface area contributed by atoms with E-state index in [-0.39, 0.29) is 58.2 Å². The smallest absolute Gasteiger partial charge is 1.00 e. The number of rotatable bonds is 3. The van der Waals surface area contributed by atoms with Crippen molar-refractivity contribution in [3.05, 3.63) is 27.7 Å². The van der Waals surface area contributed by atoms with Gasteiger partial charge in [-0.1, -0.05) is 23.2 Å². The summed E-state index contributed by atoms with van der Waals surface area (Å²) < 4.78 is 37.4. The number of nitrogens with two attached hydrogens (primary N) is 1. The summed E-state index contributed by atoms with van der Waals surface area (Å²) in [5, 5.41) is 9.03. The van der Waals surface area contributed by atoms with Crippen molar-refractivity contribution in [1.29, 1.82) is 5.26 Å². The van der Waals surface area contributed by atoms with Crippen LogP contribution in [0, 0.1) is 11.3 Å². The van der Waals surface area contributed by atoms with Gasteiger partial charge in [0.15, 0.2) is 0 Å². The van der Waals surface area contributed by atoms with Gasteiger partial charge in [-0.15, -0.1) is 0 Å². The van der Waals surface area contributed by atoms with Crippen LogP contribution in [-0.2, 0) is 23.2 Å². The van der Waals surface area contributed by atoms with E-state index in [1.807, 2.05) is 6.07 Å². The molecule has 0 heterocycles. The van der Waals surface area contributed by atoms with E-state index in [1.54, 1.807) is 0 Å². The van der Waals surface area contributed by atoms with Crippen LogP contribution >= 0.6 is 23.2 Å². The Labute approximate surface area is 140 Å². The van der Waals surface area contributed by atoms with Crippen LogP contribution in [0.2, 0.25) is 10.0 Å². The summed E-state index contributed by atoms with van der Waals surface area (Å²) in [7, 11) is 0. The van der Waals surface area contributed by atoms with Crippen LogP contribution in [0.1, 0.15) is 12.0 Å². The number of alkyl halides is 3. The Morgan fingerprint density at radius 3 is 2.05 bits per heavy atom. The molecule has 0 saturated carbocycles. The molecule has 0 aliphatic carbocycles. The molecule has 10 heteroatoms. The number of nitrogens with zero attached hydrogens (tertiary/aromatic N) is 2. The van der Waals surface area contributed by atoms with Crippen LogP contribution in [-0.4, -0.2) is 6.54 Å².